The fourth-order valence-electron chi connectivity index (χ4n) is 3.41. The number of aromatic amines is 1. The molecule has 166 valence electrons. The van der Waals surface area contributed by atoms with Crippen molar-refractivity contribution < 1.29 is 12.8 Å². The van der Waals surface area contributed by atoms with Gasteiger partial charge in [-0.05, 0) is 48.5 Å². The number of sulfonamides is 1. The first-order valence-electron chi connectivity index (χ1n) is 9.84. The van der Waals surface area contributed by atoms with E-state index in [4.69, 9.17) is 5.84 Å². The number of nitrogens with one attached hydrogen (secondary N) is 2. The molecule has 2 aromatic carbocycles. The molecule has 1 saturated heterocycles. The molecule has 0 spiro atoms. The molecular weight excluding hydrogens is 435 g/mol. The summed E-state index contributed by atoms with van der Waals surface area (Å²) in [5.74, 6) is 5.02. The summed E-state index contributed by atoms with van der Waals surface area (Å²) in [5, 5.41) is 7.23. The number of piperazine rings is 1. The molecule has 1 aromatic heterocycles. The third-order valence-electron chi connectivity index (χ3n) is 5.11. The lowest BCUT2D eigenvalue weighted by molar-refractivity contribution is 0.360. The molecule has 0 radical (unpaired) electrons. The van der Waals surface area contributed by atoms with Crippen LogP contribution in [0.15, 0.2) is 68.3 Å². The molecule has 32 heavy (non-hydrogen) atoms. The topological polar surface area (TPSA) is 133 Å². The predicted molar refractivity (Wildman–Crippen MR) is 121 cm³/mol. The van der Waals surface area contributed by atoms with Crippen LogP contribution in [-0.4, -0.2) is 55.8 Å². The Morgan fingerprint density at radius 3 is 2.50 bits per heavy atom. The van der Waals surface area contributed by atoms with Crippen molar-refractivity contribution in [2.24, 2.45) is 15.9 Å². The summed E-state index contributed by atoms with van der Waals surface area (Å²) in [5.41, 5.74) is 0.711. The lowest BCUT2D eigenvalue weighted by Gasteiger charge is -2.26. The summed E-state index contributed by atoms with van der Waals surface area (Å²) in [4.78, 5) is 19.5. The average molecular weight is 457 g/mol. The van der Waals surface area contributed by atoms with E-state index in [1.807, 2.05) is 0 Å². The van der Waals surface area contributed by atoms with Crippen LogP contribution >= 0.6 is 0 Å². The number of halogens is 1. The zero-order valence-corrected chi connectivity index (χ0v) is 17.8. The molecule has 0 amide bonds. The van der Waals surface area contributed by atoms with Crippen LogP contribution < -0.4 is 16.7 Å². The number of H-pyrrole nitrogens is 1. The van der Waals surface area contributed by atoms with Gasteiger partial charge in [0.1, 0.15) is 11.5 Å². The number of rotatable bonds is 5. The lowest BCUT2D eigenvalue weighted by atomic mass is 10.1. The molecule has 0 aliphatic carbocycles. The van der Waals surface area contributed by atoms with Gasteiger partial charge in [0.05, 0.1) is 22.4 Å². The molecule has 4 N–H and O–H groups in total. The Balaban J connectivity index is 1.58. The minimum atomic E-state index is -3.57. The van der Waals surface area contributed by atoms with Crippen molar-refractivity contribution in [2.45, 2.75) is 4.90 Å². The van der Waals surface area contributed by atoms with Gasteiger partial charge >= 0.3 is 0 Å². The quantitative estimate of drug-likeness (QED) is 0.303. The van der Waals surface area contributed by atoms with Crippen LogP contribution in [-0.2, 0) is 10.0 Å². The monoisotopic (exact) mass is 456 g/mol. The van der Waals surface area contributed by atoms with Gasteiger partial charge in [-0.25, -0.2) is 12.8 Å². The Labute approximate surface area is 183 Å². The van der Waals surface area contributed by atoms with E-state index in [0.29, 0.717) is 42.8 Å². The molecule has 1 fully saturated rings. The highest BCUT2D eigenvalue weighted by molar-refractivity contribution is 7.89. The van der Waals surface area contributed by atoms with Crippen molar-refractivity contribution in [1.29, 1.82) is 0 Å². The van der Waals surface area contributed by atoms with E-state index in [1.54, 1.807) is 12.1 Å². The summed E-state index contributed by atoms with van der Waals surface area (Å²) in [6.07, 6.45) is 1.30. The van der Waals surface area contributed by atoms with Crippen LogP contribution in [0.4, 0.5) is 10.1 Å². The van der Waals surface area contributed by atoms with E-state index in [0.717, 1.165) is 0 Å². The van der Waals surface area contributed by atoms with Crippen molar-refractivity contribution in [3.8, 4) is 0 Å². The minimum absolute atomic E-state index is 0.0925. The van der Waals surface area contributed by atoms with Crippen molar-refractivity contribution in [2.75, 3.05) is 26.2 Å². The number of fused-ring (bicyclic) bond motifs is 1. The number of pyridine rings is 1. The van der Waals surface area contributed by atoms with Crippen molar-refractivity contribution in [3.63, 3.8) is 0 Å². The fraction of sp³-hybridized carbons (Fsp3) is 0.190. The molecule has 2 heterocycles. The van der Waals surface area contributed by atoms with Crippen LogP contribution in [0.3, 0.4) is 0 Å². The van der Waals surface area contributed by atoms with Crippen molar-refractivity contribution in [1.82, 2.24) is 14.6 Å². The molecule has 0 atom stereocenters. The Morgan fingerprint density at radius 1 is 1.09 bits per heavy atom. The van der Waals surface area contributed by atoms with Gasteiger partial charge < -0.3 is 16.1 Å². The number of benzene rings is 2. The van der Waals surface area contributed by atoms with Gasteiger partial charge in [-0.2, -0.15) is 9.41 Å². The molecule has 9 nitrogen and oxygen atoms in total. The second-order valence-electron chi connectivity index (χ2n) is 7.16. The highest BCUT2D eigenvalue weighted by Gasteiger charge is 2.25. The molecule has 0 saturated carbocycles. The first-order chi connectivity index (χ1) is 15.4. The standard InChI is InChI=1S/C21H21FN6O3S/c22-15-1-6-19-14(11-15)12-18(21(29)26-19)20(27-23)13-25-16-2-4-17(5-3-16)32(30,31)28-9-7-24-8-10-28/h1-6,11-13,24H,7-10,23H2,(H,26,29). The van der Waals surface area contributed by atoms with Crippen LogP contribution in [0.2, 0.25) is 0 Å². The summed E-state index contributed by atoms with van der Waals surface area (Å²) in [6, 6.07) is 11.6. The van der Waals surface area contributed by atoms with E-state index in [-0.39, 0.29) is 16.2 Å². The SMILES string of the molecule is NN=C(C=Nc1ccc(S(=O)(=O)N2CCNCC2)cc1)c1cc2cc(F)ccc2[nH]c1=O. The number of hydrogen-bond acceptors (Lipinski definition) is 7. The lowest BCUT2D eigenvalue weighted by Crippen LogP contribution is -2.46. The van der Waals surface area contributed by atoms with Gasteiger partial charge in [-0.3, -0.25) is 9.79 Å². The number of aliphatic imine (C=N–C) groups is 1. The Kier molecular flexibility index (Phi) is 6.12. The number of hydrogen-bond donors (Lipinski definition) is 3. The second-order valence-corrected chi connectivity index (χ2v) is 9.10. The van der Waals surface area contributed by atoms with Crippen LogP contribution in [0.5, 0.6) is 0 Å². The Bertz CT molecular complexity index is 1360. The molecule has 3 aromatic rings. The van der Waals surface area contributed by atoms with Gasteiger partial charge in [0.15, 0.2) is 0 Å². The number of nitrogens with zero attached hydrogens (tertiary/aromatic N) is 3. The fourth-order valence-corrected chi connectivity index (χ4v) is 4.86. The maximum absolute atomic E-state index is 13.5. The van der Waals surface area contributed by atoms with Gasteiger partial charge in [-0.1, -0.05) is 0 Å². The van der Waals surface area contributed by atoms with Gasteiger partial charge in [-0.15, -0.1) is 0 Å². The second kappa shape index (κ2) is 8.99. The maximum atomic E-state index is 13.5. The molecule has 11 heteroatoms. The van der Waals surface area contributed by atoms with Crippen molar-refractivity contribution >= 4 is 38.5 Å². The first-order valence-corrected chi connectivity index (χ1v) is 11.3. The summed E-state index contributed by atoms with van der Waals surface area (Å²) in [7, 11) is -3.57. The van der Waals surface area contributed by atoms with Crippen LogP contribution in [0.25, 0.3) is 10.9 Å². The third kappa shape index (κ3) is 4.44. The molecular formula is C21H21FN6O3S. The van der Waals surface area contributed by atoms with Crippen LogP contribution in [0.1, 0.15) is 5.56 Å². The normalized spacial score (nSPS) is 16.1. The minimum Gasteiger partial charge on any atom is -0.323 e. The summed E-state index contributed by atoms with van der Waals surface area (Å²) in [6.45, 7) is 2.07. The zero-order chi connectivity index (χ0) is 22.7. The Hall–Kier alpha value is -3.41. The molecule has 4 rings (SSSR count). The van der Waals surface area contributed by atoms with Gasteiger partial charge in [0.25, 0.3) is 5.56 Å². The molecule has 1 aliphatic heterocycles. The van der Waals surface area contributed by atoms with E-state index in [2.05, 4.69) is 20.4 Å². The van der Waals surface area contributed by atoms with Crippen LogP contribution in [0, 0.1) is 5.82 Å². The molecule has 0 bridgehead atoms. The highest BCUT2D eigenvalue weighted by Crippen LogP contribution is 2.20. The maximum Gasteiger partial charge on any atom is 0.258 e. The van der Waals surface area contributed by atoms with Gasteiger partial charge in [0.2, 0.25) is 10.0 Å². The predicted octanol–water partition coefficient (Wildman–Crippen LogP) is 1.33. The third-order valence-corrected chi connectivity index (χ3v) is 7.02. The van der Waals surface area contributed by atoms with E-state index in [1.165, 1.54) is 46.9 Å². The zero-order valence-electron chi connectivity index (χ0n) is 17.0. The number of hydrazone groups is 1. The average Bonchev–Trinajstić information content (AvgIpc) is 2.81. The summed E-state index contributed by atoms with van der Waals surface area (Å²) < 4.78 is 40.4. The number of aromatic nitrogens is 1. The van der Waals surface area contributed by atoms with Gasteiger partial charge in [0, 0.05) is 37.1 Å². The smallest absolute Gasteiger partial charge is 0.258 e. The van der Waals surface area contributed by atoms with E-state index < -0.39 is 21.4 Å². The summed E-state index contributed by atoms with van der Waals surface area (Å²) >= 11 is 0. The molecule has 1 aliphatic rings. The Morgan fingerprint density at radius 2 is 1.81 bits per heavy atom. The number of nitrogens with two attached hydrogens (primary N) is 1. The highest BCUT2D eigenvalue weighted by atomic mass is 32.2. The van der Waals surface area contributed by atoms with E-state index >= 15 is 0 Å². The van der Waals surface area contributed by atoms with Crippen molar-refractivity contribution in [3.05, 3.63) is 70.3 Å². The molecule has 0 unspecified atom stereocenters. The first kappa shape index (κ1) is 21.8. The van der Waals surface area contributed by atoms with E-state index in [9.17, 15) is 17.6 Å². The largest absolute Gasteiger partial charge is 0.323 e.